The van der Waals surface area contributed by atoms with E-state index < -0.39 is 29.6 Å². The number of likely N-dealkylation sites (tertiary alicyclic amines) is 1. The van der Waals surface area contributed by atoms with Crippen molar-refractivity contribution in [2.45, 2.75) is 31.5 Å². The van der Waals surface area contributed by atoms with Gasteiger partial charge in [-0.2, -0.15) is 0 Å². The first-order valence-corrected chi connectivity index (χ1v) is 9.92. The third-order valence-electron chi connectivity index (χ3n) is 5.88. The van der Waals surface area contributed by atoms with E-state index in [0.29, 0.717) is 5.56 Å². The molecule has 29 heavy (non-hydrogen) atoms. The van der Waals surface area contributed by atoms with Crippen molar-refractivity contribution in [3.63, 3.8) is 0 Å². The summed E-state index contributed by atoms with van der Waals surface area (Å²) >= 11 is 3.53. The van der Waals surface area contributed by atoms with Gasteiger partial charge in [0.05, 0.1) is 20.3 Å². The Kier molecular flexibility index (Phi) is 4.72. The van der Waals surface area contributed by atoms with Crippen LogP contribution in [0.3, 0.4) is 0 Å². The third-order valence-corrected chi connectivity index (χ3v) is 6.51. The lowest BCUT2D eigenvalue weighted by Gasteiger charge is -2.39. The van der Waals surface area contributed by atoms with Crippen molar-refractivity contribution < 1.29 is 28.7 Å². The molecule has 2 amide bonds. The van der Waals surface area contributed by atoms with E-state index in [0.717, 1.165) is 14.9 Å². The zero-order chi connectivity index (χ0) is 20.9. The smallest absolute Gasteiger partial charge is 0.325 e. The zero-order valence-corrected chi connectivity index (χ0v) is 17.5. The van der Waals surface area contributed by atoms with Crippen LogP contribution in [0.25, 0.3) is 4.48 Å². The van der Waals surface area contributed by atoms with Gasteiger partial charge < -0.3 is 14.4 Å². The molecule has 9 heteroatoms. The molecule has 2 atom stereocenters. The number of imide groups is 1. The molecule has 3 heterocycles. The number of methoxy groups -OCH3 is 2. The van der Waals surface area contributed by atoms with Gasteiger partial charge in [0.1, 0.15) is 6.17 Å². The summed E-state index contributed by atoms with van der Waals surface area (Å²) in [4.78, 5) is 53.9. The molecule has 0 bridgehead atoms. The molecule has 0 N–H and O–H groups in total. The minimum atomic E-state index is -1.72. The Hall–Kier alpha value is -2.68. The first-order chi connectivity index (χ1) is 13.9. The molecule has 0 spiro atoms. The molecule has 0 unspecified atom stereocenters. The maximum atomic E-state index is 13.0. The molecule has 0 radical (unpaired) electrons. The van der Waals surface area contributed by atoms with Crippen molar-refractivity contribution in [3.8, 4) is 0 Å². The second kappa shape index (κ2) is 6.98. The Morgan fingerprint density at radius 1 is 1.07 bits per heavy atom. The zero-order valence-electron chi connectivity index (χ0n) is 15.9. The number of hydrogen-bond acceptors (Lipinski definition) is 7. The summed E-state index contributed by atoms with van der Waals surface area (Å²) in [5.41, 5.74) is -0.206. The van der Waals surface area contributed by atoms with Crippen LogP contribution in [0.2, 0.25) is 0 Å². The van der Waals surface area contributed by atoms with E-state index in [4.69, 9.17) is 9.47 Å². The number of rotatable bonds is 3. The van der Waals surface area contributed by atoms with Crippen LogP contribution in [0.4, 0.5) is 0 Å². The summed E-state index contributed by atoms with van der Waals surface area (Å²) in [5.74, 6) is -2.18. The minimum absolute atomic E-state index is 0.110. The second-order valence-electron chi connectivity index (χ2n) is 7.21. The van der Waals surface area contributed by atoms with Gasteiger partial charge in [-0.1, -0.05) is 24.3 Å². The van der Waals surface area contributed by atoms with Crippen LogP contribution in [0.1, 0.15) is 36.4 Å². The van der Waals surface area contributed by atoms with Crippen LogP contribution < -0.4 is 0 Å². The molecule has 0 aliphatic carbocycles. The van der Waals surface area contributed by atoms with Gasteiger partial charge in [-0.25, -0.2) is 0 Å². The second-order valence-corrected chi connectivity index (χ2v) is 8.07. The predicted molar refractivity (Wildman–Crippen MR) is 104 cm³/mol. The van der Waals surface area contributed by atoms with E-state index in [-0.39, 0.29) is 31.1 Å². The van der Waals surface area contributed by atoms with E-state index >= 15 is 0 Å². The van der Waals surface area contributed by atoms with Gasteiger partial charge in [0.25, 0.3) is 0 Å². The van der Waals surface area contributed by atoms with Crippen LogP contribution in [0, 0.1) is 5.41 Å². The predicted octanol–water partition coefficient (Wildman–Crippen LogP) is 1.95. The number of ether oxygens (including phenoxy) is 2. The molecule has 1 aromatic carbocycles. The summed E-state index contributed by atoms with van der Waals surface area (Å²) in [5, 5.41) is 0. The Morgan fingerprint density at radius 2 is 1.66 bits per heavy atom. The van der Waals surface area contributed by atoms with E-state index in [2.05, 4.69) is 15.9 Å². The van der Waals surface area contributed by atoms with Crippen LogP contribution >= 0.6 is 15.9 Å². The molecule has 0 saturated carbocycles. The number of benzene rings is 1. The maximum Gasteiger partial charge on any atom is 0.325 e. The number of esters is 2. The average Bonchev–Trinajstić information content (AvgIpc) is 3.24. The first kappa shape index (κ1) is 19.6. The molecular weight excluding hydrogens is 444 g/mol. The monoisotopic (exact) mass is 462 g/mol. The topological polar surface area (TPSA) is 93.2 Å². The molecule has 0 aromatic heterocycles. The number of nitrogens with zero attached hydrogens (tertiary/aromatic N) is 2. The van der Waals surface area contributed by atoms with Crippen LogP contribution in [-0.4, -0.2) is 53.9 Å². The summed E-state index contributed by atoms with van der Waals surface area (Å²) in [6.45, 7) is 0. The Morgan fingerprint density at radius 3 is 2.24 bits per heavy atom. The van der Waals surface area contributed by atoms with E-state index in [1.165, 1.54) is 14.2 Å². The molecule has 152 valence electrons. The van der Waals surface area contributed by atoms with Gasteiger partial charge in [-0.15, -0.1) is 0 Å². The van der Waals surface area contributed by atoms with E-state index in [1.54, 1.807) is 17.2 Å². The Balaban J connectivity index is 1.96. The fourth-order valence-electron chi connectivity index (χ4n) is 4.66. The lowest BCUT2D eigenvalue weighted by molar-refractivity contribution is -0.171. The van der Waals surface area contributed by atoms with Crippen molar-refractivity contribution in [2.75, 3.05) is 14.2 Å². The minimum Gasteiger partial charge on any atom is -0.468 e. The highest BCUT2D eigenvalue weighted by Crippen LogP contribution is 2.57. The maximum absolute atomic E-state index is 13.0. The standard InChI is InChI=1S/C20H19BrN2O6/c1-28-18(26)20(19(27)29-2)9-14(23-15(24)7-8-16(23)25)22-10-13(21)11-5-3-4-6-12(11)17(20)22/h3-6,10,14,17H,7-9H2,1-2H3/t14-,17-/m1/s1. The van der Waals surface area contributed by atoms with Gasteiger partial charge in [0.15, 0.2) is 5.41 Å². The molecule has 3 aliphatic rings. The van der Waals surface area contributed by atoms with Crippen LogP contribution in [0.5, 0.6) is 0 Å². The van der Waals surface area contributed by atoms with Gasteiger partial charge in [0.2, 0.25) is 11.8 Å². The largest absolute Gasteiger partial charge is 0.468 e. The van der Waals surface area contributed by atoms with Crippen molar-refractivity contribution in [1.82, 2.24) is 9.80 Å². The van der Waals surface area contributed by atoms with Crippen LogP contribution in [0.15, 0.2) is 30.5 Å². The van der Waals surface area contributed by atoms with Gasteiger partial charge in [-0.05, 0) is 27.1 Å². The summed E-state index contributed by atoms with van der Waals surface area (Å²) in [7, 11) is 2.41. The van der Waals surface area contributed by atoms with Crippen molar-refractivity contribution in [1.29, 1.82) is 0 Å². The normalized spacial score (nSPS) is 24.7. The lowest BCUT2D eigenvalue weighted by Crippen LogP contribution is -2.46. The van der Waals surface area contributed by atoms with Gasteiger partial charge >= 0.3 is 11.9 Å². The van der Waals surface area contributed by atoms with Crippen LogP contribution in [-0.2, 0) is 28.7 Å². The number of halogens is 1. The number of hydrogen-bond donors (Lipinski definition) is 0. The SMILES string of the molecule is COC(=O)C1(C(=O)OC)C[C@@H](N2C(=O)CCC2=O)N2C=C(Br)c3ccccc3[C@@H]21. The highest BCUT2D eigenvalue weighted by atomic mass is 79.9. The summed E-state index contributed by atoms with van der Waals surface area (Å²) < 4.78 is 10.8. The highest BCUT2D eigenvalue weighted by molar-refractivity contribution is 9.15. The molecule has 4 rings (SSSR count). The third kappa shape index (κ3) is 2.63. The molecule has 8 nitrogen and oxygen atoms in total. The first-order valence-electron chi connectivity index (χ1n) is 9.12. The molecule has 1 aromatic rings. The fourth-order valence-corrected chi connectivity index (χ4v) is 5.26. The molecule has 3 aliphatic heterocycles. The Labute approximate surface area is 175 Å². The quantitative estimate of drug-likeness (QED) is 0.384. The highest BCUT2D eigenvalue weighted by Gasteiger charge is 2.66. The number of fused-ring (bicyclic) bond motifs is 3. The number of amides is 2. The molecule has 2 fully saturated rings. The van der Waals surface area contributed by atoms with Crippen molar-refractivity contribution in [2.24, 2.45) is 5.41 Å². The number of carbonyl (C=O) groups excluding carboxylic acids is 4. The summed E-state index contributed by atoms with van der Waals surface area (Å²) in [6, 6.07) is 6.55. The fraction of sp³-hybridized carbons (Fsp3) is 0.400. The van der Waals surface area contributed by atoms with Gasteiger partial charge in [0, 0.05) is 29.9 Å². The van der Waals surface area contributed by atoms with E-state index in [9.17, 15) is 19.2 Å². The average molecular weight is 463 g/mol. The number of carbonyl (C=O) groups is 4. The molecule has 2 saturated heterocycles. The Bertz CT molecular complexity index is 926. The van der Waals surface area contributed by atoms with Crippen molar-refractivity contribution in [3.05, 3.63) is 41.6 Å². The molecular formula is C20H19BrN2O6. The van der Waals surface area contributed by atoms with E-state index in [1.807, 2.05) is 18.2 Å². The summed E-state index contributed by atoms with van der Waals surface area (Å²) in [6.07, 6.45) is 1.03. The van der Waals surface area contributed by atoms with Crippen molar-refractivity contribution >= 4 is 44.2 Å². The lowest BCUT2D eigenvalue weighted by atomic mass is 9.75. The van der Waals surface area contributed by atoms with Gasteiger partial charge in [-0.3, -0.25) is 24.1 Å².